The van der Waals surface area contributed by atoms with Crippen molar-refractivity contribution in [2.24, 2.45) is 0 Å². The van der Waals surface area contributed by atoms with E-state index in [0.717, 1.165) is 64.7 Å². The van der Waals surface area contributed by atoms with Gasteiger partial charge in [-0.05, 0) is 140 Å². The molecule has 0 radical (unpaired) electrons. The Bertz CT molecular complexity index is 3630. The average molecular weight is 860 g/mol. The average Bonchev–Trinajstić information content (AvgIpc) is 3.99. The van der Waals surface area contributed by atoms with E-state index in [9.17, 15) is 0 Å². The Morgan fingerprint density at radius 3 is 1.84 bits per heavy atom. The molecule has 1 aromatic heterocycles. The zero-order valence-corrected chi connectivity index (χ0v) is 37.9. The number of hydrogen-bond donors (Lipinski definition) is 0. The van der Waals surface area contributed by atoms with E-state index in [1.54, 1.807) is 0 Å². The molecule has 0 saturated heterocycles. The molecule has 5 aliphatic rings. The minimum absolute atomic E-state index is 0.119. The molecule has 14 rings (SSSR count). The van der Waals surface area contributed by atoms with E-state index in [1.807, 2.05) is 0 Å². The van der Waals surface area contributed by atoms with Crippen molar-refractivity contribution < 1.29 is 4.42 Å². The number of para-hydroxylation sites is 1. The molecule has 9 aromatic rings. The monoisotopic (exact) mass is 859 g/mol. The lowest BCUT2D eigenvalue weighted by atomic mass is 9.50. The van der Waals surface area contributed by atoms with Gasteiger partial charge in [-0.1, -0.05) is 189 Å². The van der Waals surface area contributed by atoms with Gasteiger partial charge >= 0.3 is 0 Å². The Kier molecular flexibility index (Phi) is 8.15. The fraction of sp³-hybridized carbons (Fsp3) is 0.138. The smallest absolute Gasteiger partial charge is 0.137 e. The zero-order valence-electron chi connectivity index (χ0n) is 37.9. The van der Waals surface area contributed by atoms with Crippen LogP contribution >= 0.6 is 0 Å². The normalized spacial score (nSPS) is 20.3. The van der Waals surface area contributed by atoms with Crippen LogP contribution in [0.3, 0.4) is 0 Å². The standard InChI is InChI=1S/C65H49NO/c1-63(2)51-27-12-9-24-46(51)48-38-36-44(40-57(48)63)66(59-33-19-35-61-62(59)50-26-11-18-34-60(50)67-61)45-37-39-49-47-25-10-13-28-52(47)65(58(49)41-45)55-31-16-14-29-53(55)64(42-20-5-3-6-21-42,43-22-7-4-8-23-43)54-30-15-17-32-56(54)65/h3-7,10-22,25-41H,8-9,23-24H2,1-2H3. The van der Waals surface area contributed by atoms with E-state index in [2.05, 4.69) is 231 Å². The lowest BCUT2D eigenvalue weighted by Crippen LogP contribution is -2.45. The first-order valence-electron chi connectivity index (χ1n) is 24.1. The zero-order chi connectivity index (χ0) is 44.5. The van der Waals surface area contributed by atoms with Crippen molar-refractivity contribution in [1.29, 1.82) is 0 Å². The van der Waals surface area contributed by atoms with Gasteiger partial charge in [0.25, 0.3) is 0 Å². The maximum Gasteiger partial charge on any atom is 0.137 e. The number of fused-ring (bicyclic) bond motifs is 14. The highest BCUT2D eigenvalue weighted by Gasteiger charge is 2.57. The second-order valence-electron chi connectivity index (χ2n) is 19.7. The Morgan fingerprint density at radius 2 is 1.09 bits per heavy atom. The Labute approximate surface area is 392 Å². The van der Waals surface area contributed by atoms with Crippen LogP contribution in [0.25, 0.3) is 38.6 Å². The Balaban J connectivity index is 1.07. The van der Waals surface area contributed by atoms with Crippen molar-refractivity contribution in [2.75, 3.05) is 4.90 Å². The maximum atomic E-state index is 6.63. The molecule has 5 aliphatic carbocycles. The lowest BCUT2D eigenvalue weighted by molar-refractivity contribution is 0.595. The third-order valence-corrected chi connectivity index (χ3v) is 16.2. The van der Waals surface area contributed by atoms with Crippen molar-refractivity contribution in [3.63, 3.8) is 0 Å². The highest BCUT2D eigenvalue weighted by molar-refractivity contribution is 6.13. The molecule has 320 valence electrons. The quantitative estimate of drug-likeness (QED) is 0.171. The molecule has 0 saturated carbocycles. The maximum absolute atomic E-state index is 6.63. The van der Waals surface area contributed by atoms with E-state index < -0.39 is 10.8 Å². The molecule has 0 atom stereocenters. The summed E-state index contributed by atoms with van der Waals surface area (Å²) in [7, 11) is 0. The highest BCUT2D eigenvalue weighted by atomic mass is 16.3. The van der Waals surface area contributed by atoms with Gasteiger partial charge in [-0.15, -0.1) is 0 Å². The van der Waals surface area contributed by atoms with Crippen LogP contribution in [0.4, 0.5) is 17.1 Å². The van der Waals surface area contributed by atoms with E-state index in [0.29, 0.717) is 0 Å². The third kappa shape index (κ3) is 5.05. The fourth-order valence-corrected chi connectivity index (χ4v) is 13.5. The number of hydrogen-bond acceptors (Lipinski definition) is 2. The second kappa shape index (κ2) is 14.2. The third-order valence-electron chi connectivity index (χ3n) is 16.2. The summed E-state index contributed by atoms with van der Waals surface area (Å²) < 4.78 is 6.63. The van der Waals surface area contributed by atoms with Crippen molar-refractivity contribution >= 4 is 44.6 Å². The largest absolute Gasteiger partial charge is 0.456 e. The van der Waals surface area contributed by atoms with Gasteiger partial charge in [0.2, 0.25) is 0 Å². The van der Waals surface area contributed by atoms with Crippen LogP contribution in [0.5, 0.6) is 0 Å². The van der Waals surface area contributed by atoms with E-state index in [1.165, 1.54) is 77.9 Å². The van der Waals surface area contributed by atoms with Gasteiger partial charge in [-0.3, -0.25) is 0 Å². The summed E-state index contributed by atoms with van der Waals surface area (Å²) in [5.74, 6) is 0. The lowest BCUT2D eigenvalue weighted by Gasteiger charge is -2.51. The van der Waals surface area contributed by atoms with Crippen LogP contribution in [-0.2, 0) is 16.2 Å². The highest BCUT2D eigenvalue weighted by Crippen LogP contribution is 2.66. The Hall–Kier alpha value is -7.68. The molecular formula is C65H49NO. The molecule has 0 aliphatic heterocycles. The van der Waals surface area contributed by atoms with Crippen molar-refractivity contribution in [3.8, 4) is 11.1 Å². The summed E-state index contributed by atoms with van der Waals surface area (Å²) in [5.41, 5.74) is 23.0. The van der Waals surface area contributed by atoms with Crippen LogP contribution < -0.4 is 4.90 Å². The van der Waals surface area contributed by atoms with Crippen LogP contribution in [0.2, 0.25) is 0 Å². The number of allylic oxidation sites excluding steroid dienone is 8. The van der Waals surface area contributed by atoms with E-state index in [-0.39, 0.29) is 5.41 Å². The number of furan rings is 1. The molecule has 1 heterocycles. The molecule has 8 aromatic carbocycles. The van der Waals surface area contributed by atoms with Crippen LogP contribution in [0, 0.1) is 0 Å². The number of nitrogens with zero attached hydrogens (tertiary/aromatic N) is 1. The van der Waals surface area contributed by atoms with Crippen molar-refractivity contribution in [3.05, 3.63) is 274 Å². The first-order valence-corrected chi connectivity index (χ1v) is 24.1. The molecule has 0 amide bonds. The minimum atomic E-state index is -0.603. The van der Waals surface area contributed by atoms with E-state index in [4.69, 9.17) is 4.42 Å². The SMILES string of the molecule is CC1(C)C2=C(CCC=C2)c2ccc(N(c3ccc4c(c3)C3(c5ccccc5-4)c4ccccc4C(C4=CC=CCC4)(c4ccccc4)c4ccccc43)c3cccc4oc5ccccc5c34)cc21. The summed E-state index contributed by atoms with van der Waals surface area (Å²) in [5, 5.41) is 2.23. The van der Waals surface area contributed by atoms with E-state index >= 15 is 0 Å². The van der Waals surface area contributed by atoms with Gasteiger partial charge in [-0.2, -0.15) is 0 Å². The van der Waals surface area contributed by atoms with Gasteiger partial charge in [0.05, 0.1) is 21.9 Å². The Morgan fingerprint density at radius 1 is 0.478 bits per heavy atom. The molecule has 2 nitrogen and oxygen atoms in total. The second-order valence-corrected chi connectivity index (χ2v) is 19.7. The van der Waals surface area contributed by atoms with Crippen molar-refractivity contribution in [2.45, 2.75) is 55.8 Å². The molecule has 0 bridgehead atoms. The summed E-state index contributed by atoms with van der Waals surface area (Å²) in [6.07, 6.45) is 15.9. The van der Waals surface area contributed by atoms with Gasteiger partial charge < -0.3 is 9.32 Å². The summed E-state index contributed by atoms with van der Waals surface area (Å²) in [4.78, 5) is 2.53. The minimum Gasteiger partial charge on any atom is -0.456 e. The topological polar surface area (TPSA) is 16.4 Å². The molecule has 67 heavy (non-hydrogen) atoms. The number of rotatable bonds is 5. The van der Waals surface area contributed by atoms with Crippen LogP contribution in [-0.4, -0.2) is 0 Å². The molecule has 0 N–H and O–H groups in total. The van der Waals surface area contributed by atoms with Gasteiger partial charge in [0.15, 0.2) is 0 Å². The molecule has 0 unspecified atom stereocenters. The van der Waals surface area contributed by atoms with Crippen LogP contribution in [0.1, 0.15) is 89.6 Å². The predicted octanol–water partition coefficient (Wildman–Crippen LogP) is 16.7. The first kappa shape index (κ1) is 38.6. The molecule has 2 heteroatoms. The van der Waals surface area contributed by atoms with Crippen molar-refractivity contribution in [1.82, 2.24) is 0 Å². The van der Waals surface area contributed by atoms with Crippen LogP contribution in [0.15, 0.2) is 228 Å². The van der Waals surface area contributed by atoms with Gasteiger partial charge in [0.1, 0.15) is 11.2 Å². The molecule has 1 spiro atoms. The number of anilines is 3. The van der Waals surface area contributed by atoms with Gasteiger partial charge in [-0.25, -0.2) is 0 Å². The first-order chi connectivity index (χ1) is 33.0. The summed E-state index contributed by atoms with van der Waals surface area (Å²) in [6.45, 7) is 4.82. The fourth-order valence-electron chi connectivity index (χ4n) is 13.5. The number of benzene rings is 8. The molecular weight excluding hydrogens is 811 g/mol. The van der Waals surface area contributed by atoms with Gasteiger partial charge in [0, 0.05) is 22.2 Å². The summed E-state index contributed by atoms with van der Waals surface area (Å²) in [6, 6.07) is 69.1. The predicted molar refractivity (Wildman–Crippen MR) is 277 cm³/mol. The molecule has 0 fully saturated rings. The summed E-state index contributed by atoms with van der Waals surface area (Å²) >= 11 is 0.